The Hall–Kier alpha value is -2.01. The molecule has 4 nitrogen and oxygen atoms in total. The summed E-state index contributed by atoms with van der Waals surface area (Å²) in [5, 5.41) is 3.11. The molecule has 2 aromatic carbocycles. The zero-order valence-corrected chi connectivity index (χ0v) is 14.7. The third kappa shape index (κ3) is 3.34. The number of anilines is 1. The highest BCUT2D eigenvalue weighted by Crippen LogP contribution is 2.40. The molecule has 0 saturated heterocycles. The van der Waals surface area contributed by atoms with Gasteiger partial charge in [-0.15, -0.1) is 0 Å². The molecule has 1 amide bonds. The molecule has 0 fully saturated rings. The number of nitrogens with two attached hydrogens (primary N) is 1. The normalized spacial score (nSPS) is 18.7. The first-order valence-corrected chi connectivity index (χ1v) is 8.29. The van der Waals surface area contributed by atoms with E-state index in [4.69, 9.17) is 10.5 Å². The Morgan fingerprint density at radius 1 is 1.30 bits per heavy atom. The number of carbonyl (C=O) groups excluding carboxylic acids is 1. The van der Waals surface area contributed by atoms with E-state index in [-0.39, 0.29) is 17.6 Å². The maximum Gasteiger partial charge on any atom is 0.252 e. The van der Waals surface area contributed by atoms with Crippen LogP contribution in [0, 0.1) is 0 Å². The lowest BCUT2D eigenvalue weighted by Gasteiger charge is -2.38. The number of halogens is 1. The average molecular weight is 375 g/mol. The summed E-state index contributed by atoms with van der Waals surface area (Å²) in [6.07, 6.45) is 0.680. The number of amides is 1. The molecule has 0 saturated carbocycles. The van der Waals surface area contributed by atoms with Crippen molar-refractivity contribution in [1.82, 2.24) is 5.32 Å². The molecule has 0 bridgehead atoms. The van der Waals surface area contributed by atoms with Crippen LogP contribution in [0.25, 0.3) is 0 Å². The number of nitrogen functional groups attached to an aromatic ring is 1. The van der Waals surface area contributed by atoms with Crippen LogP contribution in [-0.4, -0.2) is 11.5 Å². The second-order valence-corrected chi connectivity index (χ2v) is 7.22. The van der Waals surface area contributed by atoms with Crippen LogP contribution in [-0.2, 0) is 0 Å². The molecule has 1 unspecified atom stereocenters. The molecule has 1 atom stereocenters. The van der Waals surface area contributed by atoms with Crippen molar-refractivity contribution in [3.05, 3.63) is 58.1 Å². The van der Waals surface area contributed by atoms with Crippen LogP contribution in [0.2, 0.25) is 0 Å². The minimum atomic E-state index is -0.352. The predicted molar refractivity (Wildman–Crippen MR) is 94.5 cm³/mol. The summed E-state index contributed by atoms with van der Waals surface area (Å²) in [5.41, 5.74) is 7.74. The smallest absolute Gasteiger partial charge is 0.252 e. The number of ether oxygens (including phenoxy) is 1. The van der Waals surface area contributed by atoms with E-state index in [1.807, 2.05) is 50.2 Å². The fourth-order valence-corrected chi connectivity index (χ4v) is 3.35. The highest BCUT2D eigenvalue weighted by molar-refractivity contribution is 9.10. The highest BCUT2D eigenvalue weighted by atomic mass is 79.9. The van der Waals surface area contributed by atoms with E-state index >= 15 is 0 Å². The molecule has 1 heterocycles. The molecule has 0 radical (unpaired) electrons. The van der Waals surface area contributed by atoms with Gasteiger partial charge in [-0.1, -0.05) is 12.1 Å². The summed E-state index contributed by atoms with van der Waals surface area (Å²) in [6.45, 7) is 4.04. The summed E-state index contributed by atoms with van der Waals surface area (Å²) in [7, 11) is 0. The van der Waals surface area contributed by atoms with Crippen molar-refractivity contribution in [2.24, 2.45) is 0 Å². The summed E-state index contributed by atoms with van der Waals surface area (Å²) in [6, 6.07) is 12.8. The van der Waals surface area contributed by atoms with Gasteiger partial charge >= 0.3 is 0 Å². The van der Waals surface area contributed by atoms with Gasteiger partial charge < -0.3 is 15.8 Å². The van der Waals surface area contributed by atoms with E-state index in [1.165, 1.54) is 0 Å². The molecule has 1 aliphatic heterocycles. The average Bonchev–Trinajstić information content (AvgIpc) is 2.47. The molecule has 0 spiro atoms. The SMILES string of the molecule is CC1(C)CC(NC(=O)c2ccccc2Br)c2cc(N)ccc2O1. The van der Waals surface area contributed by atoms with E-state index < -0.39 is 0 Å². The minimum absolute atomic E-state index is 0.117. The lowest BCUT2D eigenvalue weighted by Crippen LogP contribution is -2.41. The highest BCUT2D eigenvalue weighted by Gasteiger charge is 2.34. The van der Waals surface area contributed by atoms with Gasteiger partial charge in [-0.2, -0.15) is 0 Å². The Morgan fingerprint density at radius 2 is 2.04 bits per heavy atom. The van der Waals surface area contributed by atoms with Gasteiger partial charge in [0.15, 0.2) is 0 Å². The molecule has 2 aromatic rings. The molecule has 0 aromatic heterocycles. The number of nitrogens with one attached hydrogen (secondary N) is 1. The van der Waals surface area contributed by atoms with Crippen LogP contribution in [0.3, 0.4) is 0 Å². The monoisotopic (exact) mass is 374 g/mol. The fourth-order valence-electron chi connectivity index (χ4n) is 2.88. The number of carbonyl (C=O) groups is 1. The second kappa shape index (κ2) is 5.89. The van der Waals surface area contributed by atoms with Crippen LogP contribution in [0.4, 0.5) is 5.69 Å². The van der Waals surface area contributed by atoms with Gasteiger partial charge in [-0.3, -0.25) is 4.79 Å². The van der Waals surface area contributed by atoms with Crippen LogP contribution in [0.1, 0.15) is 42.2 Å². The van der Waals surface area contributed by atoms with Crippen molar-refractivity contribution in [1.29, 1.82) is 0 Å². The van der Waals surface area contributed by atoms with Gasteiger partial charge in [-0.25, -0.2) is 0 Å². The van der Waals surface area contributed by atoms with E-state index in [2.05, 4.69) is 21.2 Å². The summed E-state index contributed by atoms with van der Waals surface area (Å²) in [5.74, 6) is 0.654. The predicted octanol–water partition coefficient (Wildman–Crippen LogP) is 4.06. The van der Waals surface area contributed by atoms with E-state index in [1.54, 1.807) is 6.07 Å². The first-order chi connectivity index (χ1) is 10.9. The summed E-state index contributed by atoms with van der Waals surface area (Å²) < 4.78 is 6.77. The number of fused-ring (bicyclic) bond motifs is 1. The largest absolute Gasteiger partial charge is 0.487 e. The molecular weight excluding hydrogens is 356 g/mol. The maximum absolute atomic E-state index is 12.6. The van der Waals surface area contributed by atoms with Crippen molar-refractivity contribution in [2.75, 3.05) is 5.73 Å². The molecule has 3 rings (SSSR count). The first kappa shape index (κ1) is 15.9. The van der Waals surface area contributed by atoms with Crippen molar-refractivity contribution < 1.29 is 9.53 Å². The van der Waals surface area contributed by atoms with Crippen LogP contribution >= 0.6 is 15.9 Å². The molecular formula is C18H19BrN2O2. The third-order valence-electron chi connectivity index (χ3n) is 3.92. The van der Waals surface area contributed by atoms with Crippen molar-refractivity contribution in [3.8, 4) is 5.75 Å². The number of rotatable bonds is 2. The topological polar surface area (TPSA) is 64.4 Å². The molecule has 23 heavy (non-hydrogen) atoms. The van der Waals surface area contributed by atoms with Crippen molar-refractivity contribution in [2.45, 2.75) is 31.9 Å². The van der Waals surface area contributed by atoms with Crippen LogP contribution in [0.15, 0.2) is 46.9 Å². The van der Waals surface area contributed by atoms with Gasteiger partial charge in [0.25, 0.3) is 5.91 Å². The van der Waals surface area contributed by atoms with Gasteiger partial charge in [0.05, 0.1) is 11.6 Å². The molecule has 1 aliphatic rings. The minimum Gasteiger partial charge on any atom is -0.487 e. The van der Waals surface area contributed by atoms with E-state index in [9.17, 15) is 4.79 Å². The Labute approximate surface area is 144 Å². The van der Waals surface area contributed by atoms with Crippen molar-refractivity contribution in [3.63, 3.8) is 0 Å². The lowest BCUT2D eigenvalue weighted by atomic mass is 9.89. The second-order valence-electron chi connectivity index (χ2n) is 6.37. The molecule has 5 heteroatoms. The zero-order chi connectivity index (χ0) is 16.6. The Kier molecular flexibility index (Phi) is 4.06. The molecule has 0 aliphatic carbocycles. The Bertz CT molecular complexity index is 758. The lowest BCUT2D eigenvalue weighted by molar-refractivity contribution is 0.0620. The standard InChI is InChI=1S/C18H19BrN2O2/c1-18(2)10-15(13-9-11(20)7-8-16(13)23-18)21-17(22)12-5-3-4-6-14(12)19/h3-9,15H,10,20H2,1-2H3,(H,21,22). The van der Waals surface area contributed by atoms with Crippen molar-refractivity contribution >= 4 is 27.5 Å². The fraction of sp³-hybridized carbons (Fsp3) is 0.278. The van der Waals surface area contributed by atoms with Gasteiger partial charge in [0, 0.05) is 22.1 Å². The maximum atomic E-state index is 12.6. The number of hydrogen-bond acceptors (Lipinski definition) is 3. The summed E-state index contributed by atoms with van der Waals surface area (Å²) in [4.78, 5) is 12.6. The quantitative estimate of drug-likeness (QED) is 0.778. The van der Waals surface area contributed by atoms with E-state index in [0.717, 1.165) is 15.8 Å². The van der Waals surface area contributed by atoms with E-state index in [0.29, 0.717) is 17.7 Å². The first-order valence-electron chi connectivity index (χ1n) is 7.49. The third-order valence-corrected chi connectivity index (χ3v) is 4.61. The number of hydrogen-bond donors (Lipinski definition) is 2. The zero-order valence-electron chi connectivity index (χ0n) is 13.1. The van der Waals surface area contributed by atoms with Gasteiger partial charge in [0.1, 0.15) is 11.4 Å². The van der Waals surface area contributed by atoms with Crippen LogP contribution < -0.4 is 15.8 Å². The molecule has 3 N–H and O–H groups in total. The Balaban J connectivity index is 1.92. The Morgan fingerprint density at radius 3 is 2.78 bits per heavy atom. The number of benzene rings is 2. The molecule has 120 valence electrons. The van der Waals surface area contributed by atoms with Gasteiger partial charge in [0.2, 0.25) is 0 Å². The van der Waals surface area contributed by atoms with Crippen LogP contribution in [0.5, 0.6) is 5.75 Å². The summed E-state index contributed by atoms with van der Waals surface area (Å²) >= 11 is 3.42. The van der Waals surface area contributed by atoms with Gasteiger partial charge in [-0.05, 0) is 60.1 Å².